The second kappa shape index (κ2) is 9.58. The van der Waals surface area contributed by atoms with Crippen LogP contribution in [0.25, 0.3) is 5.57 Å². The van der Waals surface area contributed by atoms with Gasteiger partial charge in [-0.2, -0.15) is 0 Å². The summed E-state index contributed by atoms with van der Waals surface area (Å²) in [6.07, 6.45) is 6.72. The van der Waals surface area contributed by atoms with Crippen LogP contribution in [0.15, 0.2) is 47.0 Å². The molecule has 32 heavy (non-hydrogen) atoms. The number of amides is 1. The molecule has 1 aromatic carbocycles. The van der Waals surface area contributed by atoms with Gasteiger partial charge in [0.25, 0.3) is 0 Å². The first-order valence-electron chi connectivity index (χ1n) is 11.6. The number of thioether (sulfide) groups is 1. The van der Waals surface area contributed by atoms with Gasteiger partial charge < -0.3 is 9.80 Å². The van der Waals surface area contributed by atoms with Crippen LogP contribution in [0.2, 0.25) is 5.02 Å². The maximum Gasteiger partial charge on any atom is 0.222 e. The van der Waals surface area contributed by atoms with Gasteiger partial charge in [0.05, 0.1) is 5.69 Å². The van der Waals surface area contributed by atoms with E-state index >= 15 is 0 Å². The van der Waals surface area contributed by atoms with E-state index in [2.05, 4.69) is 35.0 Å². The van der Waals surface area contributed by atoms with Gasteiger partial charge in [-0.1, -0.05) is 29.3 Å². The van der Waals surface area contributed by atoms with E-state index in [1.807, 2.05) is 30.1 Å². The lowest BCUT2D eigenvalue weighted by Gasteiger charge is -2.33. The fraction of sp³-hybridized carbons (Fsp3) is 0.462. The molecule has 0 spiro atoms. The number of piperidine rings is 2. The Kier molecular flexibility index (Phi) is 6.59. The van der Waals surface area contributed by atoms with Gasteiger partial charge >= 0.3 is 0 Å². The second-order valence-corrected chi connectivity index (χ2v) is 10.7. The zero-order valence-corrected chi connectivity index (χ0v) is 20.2. The number of nitrogens with zero attached hydrogens (tertiary/aromatic N) is 3. The van der Waals surface area contributed by atoms with Crippen molar-refractivity contribution >= 4 is 34.8 Å². The number of rotatable bonds is 2. The van der Waals surface area contributed by atoms with Crippen LogP contribution < -0.4 is 0 Å². The van der Waals surface area contributed by atoms with E-state index in [-0.39, 0.29) is 0 Å². The Balaban J connectivity index is 1.37. The van der Waals surface area contributed by atoms with Crippen molar-refractivity contribution < 1.29 is 4.79 Å². The number of carbonyl (C=O) groups is 1. The summed E-state index contributed by atoms with van der Waals surface area (Å²) in [7, 11) is 2.17. The summed E-state index contributed by atoms with van der Waals surface area (Å²) in [5.74, 6) is 1.78. The molecule has 0 aliphatic carbocycles. The predicted octanol–water partition coefficient (Wildman–Crippen LogP) is 5.50. The molecule has 2 saturated heterocycles. The molecule has 0 atom stereocenters. The number of hydrogen-bond acceptors (Lipinski definition) is 4. The van der Waals surface area contributed by atoms with Crippen LogP contribution >= 0.6 is 23.4 Å². The molecule has 1 amide bonds. The van der Waals surface area contributed by atoms with Gasteiger partial charge in [-0.3, -0.25) is 9.78 Å². The van der Waals surface area contributed by atoms with Crippen LogP contribution in [0, 0.1) is 5.92 Å². The molecule has 0 unspecified atom stereocenters. The Morgan fingerprint density at radius 2 is 1.94 bits per heavy atom. The average molecular weight is 468 g/mol. The molecule has 0 saturated carbocycles. The highest BCUT2D eigenvalue weighted by Crippen LogP contribution is 2.43. The molecule has 168 valence electrons. The minimum Gasteiger partial charge on any atom is -0.342 e. The van der Waals surface area contributed by atoms with Crippen molar-refractivity contribution in [1.82, 2.24) is 14.8 Å². The third-order valence-electron chi connectivity index (χ3n) is 7.10. The maximum absolute atomic E-state index is 13.0. The highest BCUT2D eigenvalue weighted by atomic mass is 35.5. The molecule has 6 heteroatoms. The van der Waals surface area contributed by atoms with Crippen LogP contribution in [-0.4, -0.2) is 53.9 Å². The largest absolute Gasteiger partial charge is 0.342 e. The number of likely N-dealkylation sites (tertiary alicyclic amines) is 2. The van der Waals surface area contributed by atoms with Crippen LogP contribution in [0.3, 0.4) is 0 Å². The lowest BCUT2D eigenvalue weighted by atomic mass is 9.88. The third-order valence-corrected chi connectivity index (χ3v) is 8.44. The standard InChI is InChI=1S/C26H30ClN3OS/c1-29-11-6-18(7-12-29)15-24(31)30-13-8-19(9-14-30)25-22-5-4-21(27)16-23(22)32-17-20-3-2-10-28-26(20)25/h2-5,10,16,18H,6-9,11-15,17H2,1H3. The van der Waals surface area contributed by atoms with Gasteiger partial charge in [-0.05, 0) is 81.1 Å². The first-order chi connectivity index (χ1) is 15.6. The van der Waals surface area contributed by atoms with Gasteiger partial charge in [0, 0.05) is 47.0 Å². The van der Waals surface area contributed by atoms with E-state index in [1.165, 1.54) is 27.2 Å². The fourth-order valence-corrected chi connectivity index (χ4v) is 6.48. The summed E-state index contributed by atoms with van der Waals surface area (Å²) in [5.41, 5.74) is 6.28. The first-order valence-corrected chi connectivity index (χ1v) is 13.0. The van der Waals surface area contributed by atoms with Gasteiger partial charge in [0.15, 0.2) is 0 Å². The summed E-state index contributed by atoms with van der Waals surface area (Å²) < 4.78 is 0. The monoisotopic (exact) mass is 467 g/mol. The lowest BCUT2D eigenvalue weighted by molar-refractivity contribution is -0.133. The minimum atomic E-state index is 0.339. The molecule has 4 heterocycles. The van der Waals surface area contributed by atoms with Crippen molar-refractivity contribution in [1.29, 1.82) is 0 Å². The number of pyridine rings is 1. The Labute approximate surface area is 200 Å². The summed E-state index contributed by atoms with van der Waals surface area (Å²) in [6.45, 7) is 3.84. The van der Waals surface area contributed by atoms with Crippen molar-refractivity contribution in [2.75, 3.05) is 33.2 Å². The quantitative estimate of drug-likeness (QED) is 0.584. The van der Waals surface area contributed by atoms with Crippen molar-refractivity contribution in [3.8, 4) is 0 Å². The molecule has 2 aromatic rings. The molecular formula is C26H30ClN3OS. The number of hydrogen-bond donors (Lipinski definition) is 0. The molecule has 0 N–H and O–H groups in total. The number of halogens is 1. The van der Waals surface area contributed by atoms with Crippen molar-refractivity contribution in [3.63, 3.8) is 0 Å². The topological polar surface area (TPSA) is 36.4 Å². The predicted molar refractivity (Wildman–Crippen MR) is 132 cm³/mol. The number of aromatic nitrogens is 1. The van der Waals surface area contributed by atoms with Gasteiger partial charge in [-0.15, -0.1) is 11.8 Å². The van der Waals surface area contributed by atoms with Crippen LogP contribution in [0.1, 0.15) is 48.9 Å². The Morgan fingerprint density at radius 1 is 1.16 bits per heavy atom. The van der Waals surface area contributed by atoms with E-state index < -0.39 is 0 Å². The minimum absolute atomic E-state index is 0.339. The van der Waals surface area contributed by atoms with Gasteiger partial charge in [0.1, 0.15) is 0 Å². The molecule has 4 nitrogen and oxygen atoms in total. The van der Waals surface area contributed by atoms with Gasteiger partial charge in [-0.25, -0.2) is 0 Å². The molecule has 3 aliphatic heterocycles. The van der Waals surface area contributed by atoms with Gasteiger partial charge in [0.2, 0.25) is 5.91 Å². The fourth-order valence-electron chi connectivity index (χ4n) is 5.16. The van der Waals surface area contributed by atoms with E-state index in [0.717, 1.165) is 68.3 Å². The normalized spacial score (nSPS) is 20.0. The summed E-state index contributed by atoms with van der Waals surface area (Å²) >= 11 is 8.16. The molecule has 2 fully saturated rings. The molecule has 5 rings (SSSR count). The maximum atomic E-state index is 13.0. The molecule has 0 radical (unpaired) electrons. The highest BCUT2D eigenvalue weighted by molar-refractivity contribution is 7.98. The zero-order chi connectivity index (χ0) is 22.1. The zero-order valence-electron chi connectivity index (χ0n) is 18.6. The number of carbonyl (C=O) groups excluding carboxylic acids is 1. The van der Waals surface area contributed by atoms with Crippen LogP contribution in [-0.2, 0) is 10.5 Å². The van der Waals surface area contributed by atoms with E-state index in [1.54, 1.807) is 0 Å². The first kappa shape index (κ1) is 22.0. The molecule has 0 bridgehead atoms. The molecular weight excluding hydrogens is 438 g/mol. The van der Waals surface area contributed by atoms with E-state index in [9.17, 15) is 4.79 Å². The third kappa shape index (κ3) is 4.61. The summed E-state index contributed by atoms with van der Waals surface area (Å²) in [4.78, 5) is 23.5. The van der Waals surface area contributed by atoms with Crippen molar-refractivity contribution in [2.45, 2.75) is 42.8 Å². The Hall–Kier alpha value is -1.82. The molecule has 1 aromatic heterocycles. The highest BCUT2D eigenvalue weighted by Gasteiger charge is 2.28. The Morgan fingerprint density at radius 3 is 2.72 bits per heavy atom. The Bertz CT molecular complexity index is 1040. The number of benzene rings is 1. The summed E-state index contributed by atoms with van der Waals surface area (Å²) in [5, 5.41) is 0.772. The van der Waals surface area contributed by atoms with E-state index in [4.69, 9.17) is 16.6 Å². The van der Waals surface area contributed by atoms with Crippen LogP contribution in [0.4, 0.5) is 0 Å². The lowest BCUT2D eigenvalue weighted by Crippen LogP contribution is -2.39. The second-order valence-electron chi connectivity index (χ2n) is 9.25. The average Bonchev–Trinajstić information content (AvgIpc) is 2.97. The molecule has 3 aliphatic rings. The number of fused-ring (bicyclic) bond motifs is 2. The van der Waals surface area contributed by atoms with Crippen molar-refractivity contribution in [3.05, 3.63) is 63.9 Å². The smallest absolute Gasteiger partial charge is 0.222 e. The van der Waals surface area contributed by atoms with Crippen molar-refractivity contribution in [2.24, 2.45) is 5.92 Å². The SMILES string of the molecule is CN1CCC(CC(=O)N2CCC(=C3c4ccc(Cl)cc4SCc4cccnc43)CC2)CC1. The summed E-state index contributed by atoms with van der Waals surface area (Å²) in [6, 6.07) is 10.4. The van der Waals surface area contributed by atoms with E-state index in [0.29, 0.717) is 18.2 Å². The van der Waals surface area contributed by atoms with Crippen LogP contribution in [0.5, 0.6) is 0 Å².